The van der Waals surface area contributed by atoms with Crippen LogP contribution >= 0.6 is 22.7 Å². The first-order chi connectivity index (χ1) is 8.36. The van der Waals surface area contributed by atoms with Gasteiger partial charge in [-0.05, 0) is 36.4 Å². The second-order valence-electron chi connectivity index (χ2n) is 3.57. The van der Waals surface area contributed by atoms with Gasteiger partial charge in [-0.2, -0.15) is 0 Å². The van der Waals surface area contributed by atoms with Gasteiger partial charge in [0.1, 0.15) is 5.76 Å². The quantitative estimate of drug-likeness (QED) is 0.766. The molecule has 3 aromatic heterocycles. The average Bonchev–Trinajstić information content (AvgIpc) is 3.09. The van der Waals surface area contributed by atoms with Gasteiger partial charge in [0, 0.05) is 14.6 Å². The van der Waals surface area contributed by atoms with Gasteiger partial charge in [-0.1, -0.05) is 0 Å². The fourth-order valence-corrected chi connectivity index (χ4v) is 3.55. The summed E-state index contributed by atoms with van der Waals surface area (Å²) in [5.41, 5.74) is 0. The van der Waals surface area contributed by atoms with Crippen LogP contribution < -0.4 is 0 Å². The number of aliphatic hydroxyl groups excluding tert-OH is 1. The summed E-state index contributed by atoms with van der Waals surface area (Å²) in [6, 6.07) is 12.0. The number of thiophene rings is 2. The second kappa shape index (κ2) is 4.49. The van der Waals surface area contributed by atoms with E-state index >= 15 is 0 Å². The van der Waals surface area contributed by atoms with Crippen molar-refractivity contribution in [2.75, 3.05) is 0 Å². The van der Waals surface area contributed by atoms with Crippen molar-refractivity contribution >= 4 is 22.7 Å². The minimum atomic E-state index is 0.112. The fourth-order valence-electron chi connectivity index (χ4n) is 1.62. The first-order valence-electron chi connectivity index (χ1n) is 5.20. The van der Waals surface area contributed by atoms with E-state index in [0.717, 1.165) is 15.5 Å². The largest absolute Gasteiger partial charge is 0.464 e. The van der Waals surface area contributed by atoms with Crippen molar-refractivity contribution in [2.45, 2.75) is 6.61 Å². The molecule has 0 radical (unpaired) electrons. The van der Waals surface area contributed by atoms with Crippen molar-refractivity contribution in [2.24, 2.45) is 0 Å². The molecule has 3 aromatic rings. The van der Waals surface area contributed by atoms with Crippen LogP contribution in [0.5, 0.6) is 0 Å². The maximum atomic E-state index is 9.05. The third kappa shape index (κ3) is 2.07. The number of furan rings is 1. The molecule has 86 valence electrons. The van der Waals surface area contributed by atoms with Gasteiger partial charge in [-0.15, -0.1) is 22.7 Å². The molecule has 17 heavy (non-hydrogen) atoms. The van der Waals surface area contributed by atoms with Crippen LogP contribution in [0.4, 0.5) is 0 Å². The number of aliphatic hydroxyl groups is 1. The van der Waals surface area contributed by atoms with Crippen LogP contribution in [0.15, 0.2) is 47.1 Å². The Morgan fingerprint density at radius 2 is 1.71 bits per heavy atom. The Balaban J connectivity index is 1.94. The number of hydrogen-bond donors (Lipinski definition) is 1. The lowest BCUT2D eigenvalue weighted by molar-refractivity contribution is 0.285. The van der Waals surface area contributed by atoms with Crippen molar-refractivity contribution in [3.05, 3.63) is 47.5 Å². The van der Waals surface area contributed by atoms with Gasteiger partial charge in [-0.25, -0.2) is 0 Å². The summed E-state index contributed by atoms with van der Waals surface area (Å²) < 4.78 is 5.37. The average molecular weight is 262 g/mol. The Hall–Kier alpha value is -1.36. The summed E-state index contributed by atoms with van der Waals surface area (Å²) in [7, 11) is 0. The molecule has 0 atom stereocenters. The molecule has 0 amide bonds. The zero-order valence-electron chi connectivity index (χ0n) is 8.92. The van der Waals surface area contributed by atoms with E-state index < -0.39 is 0 Å². The van der Waals surface area contributed by atoms with Crippen LogP contribution in [0.2, 0.25) is 0 Å². The summed E-state index contributed by atoms with van der Waals surface area (Å²) in [6.07, 6.45) is 1.68. The van der Waals surface area contributed by atoms with Gasteiger partial charge in [0.25, 0.3) is 0 Å². The molecule has 3 heterocycles. The topological polar surface area (TPSA) is 33.4 Å². The minimum absolute atomic E-state index is 0.112. The highest BCUT2D eigenvalue weighted by molar-refractivity contribution is 7.23. The molecule has 0 bridgehead atoms. The first-order valence-corrected chi connectivity index (χ1v) is 6.84. The van der Waals surface area contributed by atoms with Gasteiger partial charge in [-0.3, -0.25) is 0 Å². The maximum absolute atomic E-state index is 9.05. The Labute approximate surface area is 107 Å². The predicted octanol–water partition coefficient (Wildman–Crippen LogP) is 4.23. The molecular formula is C13H10O2S2. The SMILES string of the molecule is OCc1ccc(-c2ccc(-c3ccco3)s2)s1. The number of hydrogen-bond acceptors (Lipinski definition) is 4. The van der Waals surface area contributed by atoms with Crippen LogP contribution in [0.25, 0.3) is 20.4 Å². The van der Waals surface area contributed by atoms with Crippen molar-refractivity contribution in [3.8, 4) is 20.4 Å². The van der Waals surface area contributed by atoms with Gasteiger partial charge < -0.3 is 9.52 Å². The van der Waals surface area contributed by atoms with E-state index in [4.69, 9.17) is 9.52 Å². The molecule has 0 spiro atoms. The van der Waals surface area contributed by atoms with E-state index in [1.807, 2.05) is 24.3 Å². The van der Waals surface area contributed by atoms with E-state index in [1.165, 1.54) is 9.75 Å². The highest BCUT2D eigenvalue weighted by Crippen LogP contribution is 2.37. The molecule has 2 nitrogen and oxygen atoms in total. The third-order valence-electron chi connectivity index (χ3n) is 2.43. The standard InChI is InChI=1S/C13H10O2S2/c14-8-9-3-4-12(16-9)13-6-5-11(17-13)10-2-1-7-15-10/h1-7,14H,8H2. The summed E-state index contributed by atoms with van der Waals surface area (Å²) in [6.45, 7) is 0.112. The fraction of sp³-hybridized carbons (Fsp3) is 0.0769. The molecular weight excluding hydrogens is 252 g/mol. The van der Waals surface area contributed by atoms with E-state index in [1.54, 1.807) is 28.9 Å². The summed E-state index contributed by atoms with van der Waals surface area (Å²) in [5, 5.41) is 9.05. The van der Waals surface area contributed by atoms with E-state index in [2.05, 4.69) is 12.1 Å². The molecule has 1 N–H and O–H groups in total. The molecule has 4 heteroatoms. The molecule has 0 aliphatic rings. The first kappa shape index (κ1) is 10.8. The molecule has 0 unspecified atom stereocenters. The Kier molecular flexibility index (Phi) is 2.84. The number of rotatable bonds is 3. The third-order valence-corrected chi connectivity index (χ3v) is 4.80. The summed E-state index contributed by atoms with van der Waals surface area (Å²) in [5.74, 6) is 0.903. The van der Waals surface area contributed by atoms with Gasteiger partial charge in [0.2, 0.25) is 0 Å². The minimum Gasteiger partial charge on any atom is -0.464 e. The van der Waals surface area contributed by atoms with Crippen LogP contribution in [-0.2, 0) is 6.61 Å². The van der Waals surface area contributed by atoms with Crippen molar-refractivity contribution in [3.63, 3.8) is 0 Å². The molecule has 0 aromatic carbocycles. The molecule has 0 aliphatic carbocycles. The van der Waals surface area contributed by atoms with Gasteiger partial charge >= 0.3 is 0 Å². The van der Waals surface area contributed by atoms with Gasteiger partial charge in [0.15, 0.2) is 0 Å². The summed E-state index contributed by atoms with van der Waals surface area (Å²) in [4.78, 5) is 4.52. The van der Waals surface area contributed by atoms with Crippen molar-refractivity contribution in [1.29, 1.82) is 0 Å². The van der Waals surface area contributed by atoms with E-state index in [-0.39, 0.29) is 6.61 Å². The lowest BCUT2D eigenvalue weighted by Gasteiger charge is -1.90. The van der Waals surface area contributed by atoms with Gasteiger partial charge in [0.05, 0.1) is 17.7 Å². The molecule has 0 saturated carbocycles. The van der Waals surface area contributed by atoms with Crippen LogP contribution in [0.1, 0.15) is 4.88 Å². The normalized spacial score (nSPS) is 10.9. The highest BCUT2D eigenvalue weighted by Gasteiger charge is 2.08. The Morgan fingerprint density at radius 3 is 2.41 bits per heavy atom. The monoisotopic (exact) mass is 262 g/mol. The zero-order valence-corrected chi connectivity index (χ0v) is 10.6. The van der Waals surface area contributed by atoms with E-state index in [9.17, 15) is 0 Å². The molecule has 0 fully saturated rings. The molecule has 0 aliphatic heterocycles. The highest BCUT2D eigenvalue weighted by atomic mass is 32.1. The maximum Gasteiger partial charge on any atom is 0.143 e. The Bertz CT molecular complexity index is 605. The smallest absolute Gasteiger partial charge is 0.143 e. The predicted molar refractivity (Wildman–Crippen MR) is 71.3 cm³/mol. The van der Waals surface area contributed by atoms with Crippen LogP contribution in [0, 0.1) is 0 Å². The molecule has 0 saturated heterocycles. The van der Waals surface area contributed by atoms with Crippen molar-refractivity contribution < 1.29 is 9.52 Å². The van der Waals surface area contributed by atoms with Crippen LogP contribution in [-0.4, -0.2) is 5.11 Å². The zero-order chi connectivity index (χ0) is 11.7. The van der Waals surface area contributed by atoms with Crippen molar-refractivity contribution in [1.82, 2.24) is 0 Å². The Morgan fingerprint density at radius 1 is 0.941 bits per heavy atom. The van der Waals surface area contributed by atoms with E-state index in [0.29, 0.717) is 0 Å². The molecule has 3 rings (SSSR count). The lowest BCUT2D eigenvalue weighted by Crippen LogP contribution is -1.69. The lowest BCUT2D eigenvalue weighted by atomic mass is 10.3. The second-order valence-corrected chi connectivity index (χ2v) is 5.82. The summed E-state index contributed by atoms with van der Waals surface area (Å²) >= 11 is 3.33. The van der Waals surface area contributed by atoms with Crippen LogP contribution in [0.3, 0.4) is 0 Å².